The summed E-state index contributed by atoms with van der Waals surface area (Å²) in [5.41, 5.74) is 0.0524. The van der Waals surface area contributed by atoms with Crippen molar-refractivity contribution in [2.75, 3.05) is 30.9 Å². The molecule has 0 unspecified atom stereocenters. The average Bonchev–Trinajstić information content (AvgIpc) is 2.77. The lowest BCUT2D eigenvalue weighted by molar-refractivity contribution is -0.0410. The predicted molar refractivity (Wildman–Crippen MR) is 88.4 cm³/mol. The minimum absolute atomic E-state index is 0.158. The molecule has 0 saturated carbocycles. The van der Waals surface area contributed by atoms with Crippen LogP contribution < -0.4 is 10.6 Å². The number of esters is 1. The van der Waals surface area contributed by atoms with Gasteiger partial charge in [0.25, 0.3) is 0 Å². The van der Waals surface area contributed by atoms with Crippen LogP contribution in [0.4, 0.5) is 15.5 Å². The molecule has 2 rings (SSSR count). The summed E-state index contributed by atoms with van der Waals surface area (Å²) in [6.07, 6.45) is 0.583. The second-order valence-corrected chi connectivity index (χ2v) is 7.19. The molecule has 8 heteroatoms. The van der Waals surface area contributed by atoms with Crippen molar-refractivity contribution in [3.8, 4) is 0 Å². The zero-order valence-corrected chi connectivity index (χ0v) is 14.5. The molecule has 7 nitrogen and oxygen atoms in total. The van der Waals surface area contributed by atoms with E-state index >= 15 is 0 Å². The van der Waals surface area contributed by atoms with Crippen molar-refractivity contribution in [1.82, 2.24) is 0 Å². The van der Waals surface area contributed by atoms with Gasteiger partial charge in [-0.05, 0) is 33.3 Å². The number of methoxy groups -OCH3 is 1. The van der Waals surface area contributed by atoms with E-state index in [1.54, 1.807) is 26.8 Å². The van der Waals surface area contributed by atoms with Crippen LogP contribution in [0.2, 0.25) is 0 Å². The smallest absolute Gasteiger partial charge is 0.412 e. The van der Waals surface area contributed by atoms with E-state index in [2.05, 4.69) is 10.6 Å². The van der Waals surface area contributed by atoms with E-state index in [0.29, 0.717) is 22.1 Å². The third-order valence-electron chi connectivity index (χ3n) is 3.05. The molecule has 1 aromatic rings. The molecule has 1 atom stereocenters. The summed E-state index contributed by atoms with van der Waals surface area (Å²) < 4.78 is 15.3. The molecule has 1 aliphatic heterocycles. The van der Waals surface area contributed by atoms with E-state index < -0.39 is 17.7 Å². The van der Waals surface area contributed by atoms with Crippen LogP contribution in [0.3, 0.4) is 0 Å². The fraction of sp³-hybridized carbons (Fsp3) is 0.600. The van der Waals surface area contributed by atoms with Crippen LogP contribution >= 0.6 is 11.3 Å². The van der Waals surface area contributed by atoms with Gasteiger partial charge in [-0.1, -0.05) is 0 Å². The molecular weight excluding hydrogens is 320 g/mol. The van der Waals surface area contributed by atoms with Gasteiger partial charge in [0.2, 0.25) is 0 Å². The van der Waals surface area contributed by atoms with Gasteiger partial charge < -0.3 is 19.5 Å². The molecule has 1 aliphatic rings. The second-order valence-electron chi connectivity index (χ2n) is 6.13. The fourth-order valence-electron chi connectivity index (χ4n) is 1.88. The molecule has 2 N–H and O–H groups in total. The number of thiophene rings is 1. The highest BCUT2D eigenvalue weighted by molar-refractivity contribution is 7.18. The number of anilines is 2. The Morgan fingerprint density at radius 2 is 2.13 bits per heavy atom. The molecule has 128 valence electrons. The van der Waals surface area contributed by atoms with Gasteiger partial charge in [-0.15, -0.1) is 11.3 Å². The number of amides is 1. The first kappa shape index (κ1) is 17.6. The Bertz CT molecular complexity index is 575. The Kier molecular flexibility index (Phi) is 5.48. The summed E-state index contributed by atoms with van der Waals surface area (Å²) in [4.78, 5) is 24.0. The van der Waals surface area contributed by atoms with Crippen LogP contribution in [0.25, 0.3) is 0 Å². The summed E-state index contributed by atoms with van der Waals surface area (Å²) in [7, 11) is 1.32. The maximum Gasteiger partial charge on any atom is 0.412 e. The van der Waals surface area contributed by atoms with E-state index in [4.69, 9.17) is 14.2 Å². The molecule has 1 amide bonds. The van der Waals surface area contributed by atoms with Crippen molar-refractivity contribution >= 4 is 34.1 Å². The number of hydrogen-bond acceptors (Lipinski definition) is 7. The van der Waals surface area contributed by atoms with Crippen LogP contribution in [-0.4, -0.2) is 44.0 Å². The van der Waals surface area contributed by atoms with Gasteiger partial charge in [0.15, 0.2) is 0 Å². The molecule has 23 heavy (non-hydrogen) atoms. The molecule has 0 aromatic carbocycles. The van der Waals surface area contributed by atoms with Crippen LogP contribution in [0.5, 0.6) is 0 Å². The average molecular weight is 342 g/mol. The summed E-state index contributed by atoms with van der Waals surface area (Å²) >= 11 is 1.13. The van der Waals surface area contributed by atoms with E-state index in [0.717, 1.165) is 24.4 Å². The first-order valence-corrected chi connectivity index (χ1v) is 8.18. The minimum Gasteiger partial charge on any atom is -0.465 e. The molecular formula is C15H22N2O5S. The summed E-state index contributed by atoms with van der Waals surface area (Å²) in [5, 5.41) is 6.38. The summed E-state index contributed by atoms with van der Waals surface area (Å²) in [5.74, 6) is -0.449. The fourth-order valence-corrected chi connectivity index (χ4v) is 2.82. The van der Waals surface area contributed by atoms with Gasteiger partial charge in [0, 0.05) is 13.2 Å². The van der Waals surface area contributed by atoms with Crippen LogP contribution in [-0.2, 0) is 14.2 Å². The topological polar surface area (TPSA) is 85.9 Å². The maximum absolute atomic E-state index is 11.9. The lowest BCUT2D eigenvalue weighted by Crippen LogP contribution is -2.33. The van der Waals surface area contributed by atoms with Gasteiger partial charge in [-0.2, -0.15) is 0 Å². The Morgan fingerprint density at radius 1 is 1.43 bits per heavy atom. The number of ether oxygens (including phenoxy) is 3. The molecule has 1 aromatic heterocycles. The lowest BCUT2D eigenvalue weighted by Gasteiger charge is -2.27. The van der Waals surface area contributed by atoms with Crippen molar-refractivity contribution in [2.45, 2.75) is 38.9 Å². The number of carbonyl (C=O) groups is 2. The normalized spacial score (nSPS) is 17.1. The van der Waals surface area contributed by atoms with E-state index in [-0.39, 0.29) is 6.10 Å². The Hall–Kier alpha value is -1.80. The van der Waals surface area contributed by atoms with Gasteiger partial charge in [-0.25, -0.2) is 9.59 Å². The van der Waals surface area contributed by atoms with Crippen LogP contribution in [0.15, 0.2) is 6.07 Å². The Labute approximate surface area is 139 Å². The standard InChI is InChI=1S/C15H22N2O5S/c1-15(2,3)22-14(19)17-12-10(16-8-9-5-6-21-9)7-11(23-12)13(18)20-4/h7,9,16H,5-6,8H2,1-4H3,(H,17,19)/t9-/m0/s1. The molecule has 0 radical (unpaired) electrons. The van der Waals surface area contributed by atoms with E-state index in [9.17, 15) is 9.59 Å². The highest BCUT2D eigenvalue weighted by atomic mass is 32.1. The number of rotatable bonds is 5. The SMILES string of the molecule is COC(=O)c1cc(NC[C@@H]2CCO2)c(NC(=O)OC(C)(C)C)s1. The third kappa shape index (κ3) is 5.11. The Balaban J connectivity index is 2.08. The van der Waals surface area contributed by atoms with Gasteiger partial charge in [0.05, 0.1) is 18.9 Å². The zero-order chi connectivity index (χ0) is 17.0. The Morgan fingerprint density at radius 3 is 2.65 bits per heavy atom. The molecule has 0 aliphatic carbocycles. The first-order chi connectivity index (χ1) is 10.8. The molecule has 1 saturated heterocycles. The van der Waals surface area contributed by atoms with Crippen LogP contribution in [0, 0.1) is 0 Å². The van der Waals surface area contributed by atoms with Gasteiger partial charge >= 0.3 is 12.1 Å². The van der Waals surface area contributed by atoms with Crippen molar-refractivity contribution in [1.29, 1.82) is 0 Å². The van der Waals surface area contributed by atoms with Crippen molar-refractivity contribution < 1.29 is 23.8 Å². The quantitative estimate of drug-likeness (QED) is 0.800. The minimum atomic E-state index is -0.597. The monoisotopic (exact) mass is 342 g/mol. The van der Waals surface area contributed by atoms with Gasteiger partial charge in [-0.3, -0.25) is 5.32 Å². The summed E-state index contributed by atoms with van der Waals surface area (Å²) in [6.45, 7) is 6.74. The predicted octanol–water partition coefficient (Wildman–Crippen LogP) is 3.08. The van der Waals surface area contributed by atoms with E-state index in [1.165, 1.54) is 7.11 Å². The first-order valence-electron chi connectivity index (χ1n) is 7.36. The van der Waals surface area contributed by atoms with Crippen molar-refractivity contribution in [3.05, 3.63) is 10.9 Å². The number of carbonyl (C=O) groups excluding carboxylic acids is 2. The summed E-state index contributed by atoms with van der Waals surface area (Å²) in [6, 6.07) is 1.65. The van der Waals surface area contributed by atoms with Gasteiger partial charge in [0.1, 0.15) is 15.5 Å². The number of nitrogens with one attached hydrogen (secondary N) is 2. The van der Waals surface area contributed by atoms with Crippen molar-refractivity contribution in [2.24, 2.45) is 0 Å². The third-order valence-corrected chi connectivity index (χ3v) is 4.08. The zero-order valence-electron chi connectivity index (χ0n) is 13.7. The van der Waals surface area contributed by atoms with Crippen molar-refractivity contribution in [3.63, 3.8) is 0 Å². The maximum atomic E-state index is 11.9. The number of hydrogen-bond donors (Lipinski definition) is 2. The molecule has 1 fully saturated rings. The van der Waals surface area contributed by atoms with Crippen LogP contribution in [0.1, 0.15) is 36.9 Å². The molecule has 0 spiro atoms. The van der Waals surface area contributed by atoms with E-state index in [1.807, 2.05) is 0 Å². The highest BCUT2D eigenvalue weighted by Gasteiger charge is 2.22. The largest absolute Gasteiger partial charge is 0.465 e. The molecule has 0 bridgehead atoms. The lowest BCUT2D eigenvalue weighted by atomic mass is 10.2. The second kappa shape index (κ2) is 7.18. The molecule has 2 heterocycles. The highest BCUT2D eigenvalue weighted by Crippen LogP contribution is 2.34.